The number of carbonyl (C=O) groups excluding carboxylic acids is 3. The second kappa shape index (κ2) is 13.2. The van der Waals surface area contributed by atoms with E-state index in [-0.39, 0.29) is 24.7 Å². The molecule has 1 N–H and O–H groups in total. The van der Waals surface area contributed by atoms with Crippen LogP contribution in [0.5, 0.6) is 0 Å². The van der Waals surface area contributed by atoms with Crippen LogP contribution in [0.25, 0.3) is 0 Å². The number of aliphatic hydroxyl groups is 1. The number of hydrogen-bond donors (Lipinski definition) is 1. The first-order valence-corrected chi connectivity index (χ1v) is 13.1. The summed E-state index contributed by atoms with van der Waals surface area (Å²) in [5.41, 5.74) is 1.17. The molecule has 2 rings (SSSR count). The molecule has 6 atom stereocenters. The molecule has 7 heteroatoms. The monoisotopic (exact) mass is 489 g/mol. The van der Waals surface area contributed by atoms with Crippen LogP contribution >= 0.6 is 0 Å². The van der Waals surface area contributed by atoms with Crippen molar-refractivity contribution in [1.29, 1.82) is 0 Å². The zero-order valence-electron chi connectivity index (χ0n) is 22.2. The van der Waals surface area contributed by atoms with Crippen LogP contribution in [-0.4, -0.2) is 58.2 Å². The van der Waals surface area contributed by atoms with Gasteiger partial charge in [0, 0.05) is 12.5 Å². The van der Waals surface area contributed by atoms with Crippen LogP contribution in [0.3, 0.4) is 0 Å². The summed E-state index contributed by atoms with van der Waals surface area (Å²) in [5, 5.41) is 11.0. The fourth-order valence-electron chi connectivity index (χ4n) is 4.79. The van der Waals surface area contributed by atoms with E-state index in [1.54, 1.807) is 20.8 Å². The van der Waals surface area contributed by atoms with Crippen molar-refractivity contribution < 1.29 is 29.0 Å². The largest absolute Gasteiger partial charge is 0.461 e. The number of ketones is 1. The lowest BCUT2D eigenvalue weighted by molar-refractivity contribution is -0.259. The van der Waals surface area contributed by atoms with E-state index in [1.165, 1.54) is 10.5 Å². The summed E-state index contributed by atoms with van der Waals surface area (Å²) in [5.74, 6) is -5.02. The normalized spacial score (nSPS) is 24.8. The van der Waals surface area contributed by atoms with Gasteiger partial charge in [-0.15, -0.1) is 0 Å². The molecular formula is C28H43NO6. The van der Waals surface area contributed by atoms with Crippen LogP contribution in [0, 0.1) is 11.8 Å². The smallest absolute Gasteiger partial charge is 0.329 e. The number of esters is 1. The predicted molar refractivity (Wildman–Crippen MR) is 134 cm³/mol. The third-order valence-electron chi connectivity index (χ3n) is 7.17. The molecule has 35 heavy (non-hydrogen) atoms. The Morgan fingerprint density at radius 3 is 2.34 bits per heavy atom. The van der Waals surface area contributed by atoms with E-state index in [1.807, 2.05) is 32.0 Å². The molecule has 1 aromatic carbocycles. The van der Waals surface area contributed by atoms with E-state index in [4.69, 9.17) is 9.47 Å². The molecule has 1 aliphatic rings. The number of rotatable bonds is 12. The van der Waals surface area contributed by atoms with E-state index in [9.17, 15) is 19.5 Å². The lowest BCUT2D eigenvalue weighted by Gasteiger charge is -2.40. The highest BCUT2D eigenvalue weighted by molar-refractivity contribution is 6.39. The zero-order chi connectivity index (χ0) is 26.2. The lowest BCUT2D eigenvalue weighted by Crippen LogP contribution is -2.59. The number of benzene rings is 1. The molecule has 0 bridgehead atoms. The standard InChI is InChI=1S/C28H43NO6/c1-7-17-29(26(31)25(30)28(33)19(4)15-16-20(5)35-28)24(9-3)27(32)34-21(6)23(8-2)18-22-13-11-10-12-14-22/h10-14,19-21,23-24,33H,7-9,15-18H2,1-6H3/t19-,20?,21+,23?,24+,28-/m1/s1. The van der Waals surface area contributed by atoms with E-state index < -0.39 is 35.4 Å². The molecule has 7 nitrogen and oxygen atoms in total. The summed E-state index contributed by atoms with van der Waals surface area (Å²) in [4.78, 5) is 41.0. The van der Waals surface area contributed by atoms with Crippen molar-refractivity contribution in [1.82, 2.24) is 4.90 Å². The average Bonchev–Trinajstić information content (AvgIpc) is 2.84. The number of carbonyl (C=O) groups is 3. The second-order valence-corrected chi connectivity index (χ2v) is 9.86. The van der Waals surface area contributed by atoms with Gasteiger partial charge in [-0.1, -0.05) is 58.0 Å². The molecule has 1 saturated heterocycles. The van der Waals surface area contributed by atoms with Crippen molar-refractivity contribution >= 4 is 17.7 Å². The zero-order valence-corrected chi connectivity index (χ0v) is 22.2. The van der Waals surface area contributed by atoms with Crippen molar-refractivity contribution in [2.45, 2.75) is 104 Å². The summed E-state index contributed by atoms with van der Waals surface area (Å²) >= 11 is 0. The fourth-order valence-corrected chi connectivity index (χ4v) is 4.79. The molecule has 0 radical (unpaired) electrons. The van der Waals surface area contributed by atoms with Crippen LogP contribution in [0.1, 0.15) is 79.2 Å². The van der Waals surface area contributed by atoms with Crippen molar-refractivity contribution in [3.8, 4) is 0 Å². The van der Waals surface area contributed by atoms with Gasteiger partial charge >= 0.3 is 5.97 Å². The predicted octanol–water partition coefficient (Wildman–Crippen LogP) is 4.30. The van der Waals surface area contributed by atoms with Gasteiger partial charge in [-0.2, -0.15) is 0 Å². The minimum absolute atomic E-state index is 0.120. The first-order valence-electron chi connectivity index (χ1n) is 13.1. The Labute approximate surface area is 210 Å². The van der Waals surface area contributed by atoms with Gasteiger partial charge in [-0.3, -0.25) is 9.59 Å². The highest BCUT2D eigenvalue weighted by atomic mass is 16.6. The number of amides is 1. The summed E-state index contributed by atoms with van der Waals surface area (Å²) in [6, 6.07) is 9.14. The lowest BCUT2D eigenvalue weighted by atomic mass is 9.87. The number of ether oxygens (including phenoxy) is 2. The summed E-state index contributed by atoms with van der Waals surface area (Å²) in [6.45, 7) is 11.3. The van der Waals surface area contributed by atoms with Gasteiger partial charge in [0.05, 0.1) is 6.10 Å². The molecule has 1 fully saturated rings. The topological polar surface area (TPSA) is 93.1 Å². The van der Waals surface area contributed by atoms with Gasteiger partial charge in [-0.05, 0) is 63.9 Å². The van der Waals surface area contributed by atoms with Crippen LogP contribution in [-0.2, 0) is 30.3 Å². The van der Waals surface area contributed by atoms with Gasteiger partial charge < -0.3 is 19.5 Å². The summed E-state index contributed by atoms with van der Waals surface area (Å²) in [6.07, 6.45) is 3.03. The Morgan fingerprint density at radius 2 is 1.77 bits per heavy atom. The van der Waals surface area contributed by atoms with E-state index in [0.29, 0.717) is 25.7 Å². The van der Waals surface area contributed by atoms with E-state index in [0.717, 1.165) is 12.8 Å². The third kappa shape index (κ3) is 7.14. The Hall–Kier alpha value is -2.25. The number of nitrogens with zero attached hydrogens (tertiary/aromatic N) is 1. The van der Waals surface area contributed by atoms with E-state index >= 15 is 0 Å². The average molecular weight is 490 g/mol. The SMILES string of the molecule is CCCN(C(=O)C(=O)[C@]1(O)OC(C)CC[C@H]1C)[C@@H](CC)C(=O)O[C@@H](C)C(CC)Cc1ccccc1. The van der Waals surface area contributed by atoms with Gasteiger partial charge in [0.25, 0.3) is 11.7 Å². The highest BCUT2D eigenvalue weighted by Gasteiger charge is 2.51. The molecular weight excluding hydrogens is 446 g/mol. The molecule has 196 valence electrons. The molecule has 0 aromatic heterocycles. The quantitative estimate of drug-likeness (QED) is 0.348. The minimum Gasteiger partial charge on any atom is -0.461 e. The third-order valence-corrected chi connectivity index (χ3v) is 7.17. The summed E-state index contributed by atoms with van der Waals surface area (Å²) < 4.78 is 11.4. The van der Waals surface area contributed by atoms with Gasteiger partial charge in [0.15, 0.2) is 0 Å². The van der Waals surface area contributed by atoms with Crippen molar-refractivity contribution in [2.75, 3.05) is 6.54 Å². The van der Waals surface area contributed by atoms with Gasteiger partial charge in [-0.25, -0.2) is 4.79 Å². The maximum Gasteiger partial charge on any atom is 0.329 e. The maximum atomic E-state index is 13.3. The summed E-state index contributed by atoms with van der Waals surface area (Å²) in [7, 11) is 0. The molecule has 0 aliphatic carbocycles. The Bertz CT molecular complexity index is 843. The first kappa shape index (κ1) is 29.0. The maximum absolute atomic E-state index is 13.3. The molecule has 1 aliphatic heterocycles. The Kier molecular flexibility index (Phi) is 10.9. The van der Waals surface area contributed by atoms with E-state index in [2.05, 4.69) is 19.1 Å². The van der Waals surface area contributed by atoms with Gasteiger partial charge in [0.2, 0.25) is 5.79 Å². The molecule has 0 saturated carbocycles. The van der Waals surface area contributed by atoms with Crippen molar-refractivity contribution in [2.24, 2.45) is 11.8 Å². The number of hydrogen-bond acceptors (Lipinski definition) is 6. The Morgan fingerprint density at radius 1 is 1.11 bits per heavy atom. The molecule has 1 heterocycles. The van der Waals surface area contributed by atoms with Gasteiger partial charge in [0.1, 0.15) is 12.1 Å². The van der Waals surface area contributed by atoms with Crippen LogP contribution in [0.4, 0.5) is 0 Å². The molecule has 2 unspecified atom stereocenters. The molecule has 1 amide bonds. The van der Waals surface area contributed by atoms with Crippen molar-refractivity contribution in [3.63, 3.8) is 0 Å². The first-order chi connectivity index (χ1) is 16.6. The second-order valence-electron chi connectivity index (χ2n) is 9.86. The fraction of sp³-hybridized carbons (Fsp3) is 0.679. The van der Waals surface area contributed by atoms with Crippen LogP contribution in [0.15, 0.2) is 30.3 Å². The van der Waals surface area contributed by atoms with Crippen LogP contribution in [0.2, 0.25) is 0 Å². The number of Topliss-reactive ketones (excluding diaryl/α,β-unsaturated/α-hetero) is 1. The minimum atomic E-state index is -2.18. The Balaban J connectivity index is 2.17. The van der Waals surface area contributed by atoms with Crippen LogP contribution < -0.4 is 0 Å². The molecule has 0 spiro atoms. The highest BCUT2D eigenvalue weighted by Crippen LogP contribution is 2.33. The van der Waals surface area contributed by atoms with Crippen molar-refractivity contribution in [3.05, 3.63) is 35.9 Å². The molecule has 1 aromatic rings.